The lowest BCUT2D eigenvalue weighted by atomic mass is 10.0. The molecule has 0 spiro atoms. The van der Waals surface area contributed by atoms with Gasteiger partial charge in [-0.2, -0.15) is 0 Å². The number of hydrogen-bond acceptors (Lipinski definition) is 3. The highest BCUT2D eigenvalue weighted by atomic mass is 35.5. The van der Waals surface area contributed by atoms with Gasteiger partial charge in [-0.25, -0.2) is 0 Å². The van der Waals surface area contributed by atoms with Crippen LogP contribution in [0.5, 0.6) is 11.5 Å². The summed E-state index contributed by atoms with van der Waals surface area (Å²) in [4.78, 5) is 12.1. The van der Waals surface area contributed by atoms with Crippen LogP contribution in [0.25, 0.3) is 0 Å². The molecule has 0 aliphatic carbocycles. The molecule has 0 saturated carbocycles. The highest BCUT2D eigenvalue weighted by Gasteiger charge is 2.22. The van der Waals surface area contributed by atoms with E-state index in [2.05, 4.69) is 5.32 Å². The first-order valence-corrected chi connectivity index (χ1v) is 7.50. The monoisotopic (exact) mass is 317 g/mol. The molecule has 114 valence electrons. The van der Waals surface area contributed by atoms with Crippen molar-refractivity contribution in [3.8, 4) is 11.5 Å². The van der Waals surface area contributed by atoms with E-state index in [4.69, 9.17) is 21.1 Å². The van der Waals surface area contributed by atoms with Crippen LogP contribution < -0.4 is 14.8 Å². The molecule has 0 radical (unpaired) electrons. The summed E-state index contributed by atoms with van der Waals surface area (Å²) < 4.78 is 11.0. The molecule has 1 unspecified atom stereocenters. The maximum Gasteiger partial charge on any atom is 0.258 e. The maximum absolute atomic E-state index is 12.1. The minimum Gasteiger partial charge on any atom is -0.493 e. The van der Waals surface area contributed by atoms with Crippen molar-refractivity contribution in [3.63, 3.8) is 0 Å². The quantitative estimate of drug-likeness (QED) is 0.940. The van der Waals surface area contributed by atoms with Crippen molar-refractivity contribution in [2.75, 3.05) is 13.2 Å². The molecule has 2 aromatic rings. The summed E-state index contributed by atoms with van der Waals surface area (Å²) in [5.74, 6) is 1.15. The van der Waals surface area contributed by atoms with Crippen molar-refractivity contribution >= 4 is 17.5 Å². The summed E-state index contributed by atoms with van der Waals surface area (Å²) in [6.07, 6.45) is 0.745. The molecule has 1 amide bonds. The number of ether oxygens (including phenoxy) is 2. The molecule has 5 heteroatoms. The highest BCUT2D eigenvalue weighted by Crippen LogP contribution is 2.31. The van der Waals surface area contributed by atoms with Crippen LogP contribution in [0.1, 0.15) is 18.0 Å². The van der Waals surface area contributed by atoms with Gasteiger partial charge < -0.3 is 14.8 Å². The lowest BCUT2D eigenvalue weighted by Gasteiger charge is -2.26. The molecule has 2 aromatic carbocycles. The standard InChI is InChI=1S/C17H16ClNO3/c18-13-6-2-4-8-16(13)22-11-17(20)19-14-9-10-21-15-7-3-1-5-12(14)15/h1-8,14H,9-11H2,(H,19,20). The summed E-state index contributed by atoms with van der Waals surface area (Å²) in [5, 5.41) is 3.47. The van der Waals surface area contributed by atoms with E-state index in [1.165, 1.54) is 0 Å². The van der Waals surface area contributed by atoms with E-state index in [-0.39, 0.29) is 18.6 Å². The van der Waals surface area contributed by atoms with Crippen molar-refractivity contribution in [2.24, 2.45) is 0 Å². The second-order valence-corrected chi connectivity index (χ2v) is 5.42. The molecular weight excluding hydrogens is 302 g/mol. The lowest BCUT2D eigenvalue weighted by molar-refractivity contribution is -0.124. The van der Waals surface area contributed by atoms with Crippen molar-refractivity contribution in [3.05, 3.63) is 59.1 Å². The van der Waals surface area contributed by atoms with E-state index in [1.807, 2.05) is 36.4 Å². The Hall–Kier alpha value is -2.20. The SMILES string of the molecule is O=C(COc1ccccc1Cl)NC1CCOc2ccccc21. The van der Waals surface area contributed by atoms with Crippen LogP contribution in [-0.2, 0) is 4.79 Å². The van der Waals surface area contributed by atoms with Crippen LogP contribution in [-0.4, -0.2) is 19.1 Å². The number of halogens is 1. The second-order valence-electron chi connectivity index (χ2n) is 5.01. The molecule has 4 nitrogen and oxygen atoms in total. The van der Waals surface area contributed by atoms with Gasteiger partial charge in [-0.05, 0) is 18.2 Å². The molecule has 0 bridgehead atoms. The number of carbonyl (C=O) groups excluding carboxylic acids is 1. The Morgan fingerprint density at radius 2 is 2.00 bits per heavy atom. The fraction of sp³-hybridized carbons (Fsp3) is 0.235. The van der Waals surface area contributed by atoms with Gasteiger partial charge in [0.25, 0.3) is 5.91 Å². The number of nitrogens with one attached hydrogen (secondary N) is 1. The van der Waals surface area contributed by atoms with E-state index in [1.54, 1.807) is 12.1 Å². The first-order valence-electron chi connectivity index (χ1n) is 7.12. The van der Waals surface area contributed by atoms with Gasteiger partial charge in [0.15, 0.2) is 6.61 Å². The Morgan fingerprint density at radius 1 is 1.23 bits per heavy atom. The van der Waals surface area contributed by atoms with Gasteiger partial charge >= 0.3 is 0 Å². The summed E-state index contributed by atoms with van der Waals surface area (Å²) in [5.41, 5.74) is 1.000. The van der Waals surface area contributed by atoms with E-state index in [9.17, 15) is 4.79 Å². The zero-order chi connectivity index (χ0) is 15.4. The van der Waals surface area contributed by atoms with Crippen molar-refractivity contribution < 1.29 is 14.3 Å². The fourth-order valence-corrected chi connectivity index (χ4v) is 2.62. The van der Waals surface area contributed by atoms with Crippen LogP contribution in [0.15, 0.2) is 48.5 Å². The average molecular weight is 318 g/mol. The minimum absolute atomic E-state index is 0.0488. The van der Waals surface area contributed by atoms with Crippen molar-refractivity contribution in [2.45, 2.75) is 12.5 Å². The number of carbonyl (C=O) groups is 1. The number of para-hydroxylation sites is 2. The Kier molecular flexibility index (Phi) is 4.49. The lowest BCUT2D eigenvalue weighted by Crippen LogP contribution is -2.35. The fourth-order valence-electron chi connectivity index (χ4n) is 2.43. The normalized spacial score (nSPS) is 16.3. The van der Waals surface area contributed by atoms with Crippen molar-refractivity contribution in [1.82, 2.24) is 5.32 Å². The molecule has 1 atom stereocenters. The van der Waals surface area contributed by atoms with Gasteiger partial charge in [0.2, 0.25) is 0 Å². The van der Waals surface area contributed by atoms with Crippen LogP contribution >= 0.6 is 11.6 Å². The maximum atomic E-state index is 12.1. The molecule has 1 aliphatic rings. The number of hydrogen-bond donors (Lipinski definition) is 1. The third-order valence-corrected chi connectivity index (χ3v) is 3.80. The van der Waals surface area contributed by atoms with E-state index in [0.29, 0.717) is 17.4 Å². The smallest absolute Gasteiger partial charge is 0.258 e. The number of benzene rings is 2. The Balaban J connectivity index is 1.60. The summed E-state index contributed by atoms with van der Waals surface area (Å²) in [6.45, 7) is 0.524. The summed E-state index contributed by atoms with van der Waals surface area (Å²) in [6, 6.07) is 14.8. The minimum atomic E-state index is -0.179. The molecule has 0 aromatic heterocycles. The summed E-state index contributed by atoms with van der Waals surface area (Å²) >= 11 is 5.99. The number of rotatable bonds is 4. The topological polar surface area (TPSA) is 47.6 Å². The van der Waals surface area contributed by atoms with Gasteiger partial charge in [-0.15, -0.1) is 0 Å². The predicted octanol–water partition coefficient (Wildman–Crippen LogP) is 3.36. The van der Waals surface area contributed by atoms with Crippen LogP contribution in [0, 0.1) is 0 Å². The number of amides is 1. The van der Waals surface area contributed by atoms with Crippen LogP contribution in [0.3, 0.4) is 0 Å². The molecule has 22 heavy (non-hydrogen) atoms. The average Bonchev–Trinajstić information content (AvgIpc) is 2.54. The Morgan fingerprint density at radius 3 is 2.86 bits per heavy atom. The first kappa shape index (κ1) is 14.7. The van der Waals surface area contributed by atoms with Crippen LogP contribution in [0.2, 0.25) is 5.02 Å². The zero-order valence-electron chi connectivity index (χ0n) is 11.9. The third kappa shape index (κ3) is 3.34. The number of fused-ring (bicyclic) bond motifs is 1. The largest absolute Gasteiger partial charge is 0.493 e. The van der Waals surface area contributed by atoms with Crippen molar-refractivity contribution in [1.29, 1.82) is 0 Å². The highest BCUT2D eigenvalue weighted by molar-refractivity contribution is 6.32. The van der Waals surface area contributed by atoms with E-state index in [0.717, 1.165) is 17.7 Å². The molecule has 0 saturated heterocycles. The molecule has 1 N–H and O–H groups in total. The second kappa shape index (κ2) is 6.71. The summed E-state index contributed by atoms with van der Waals surface area (Å²) in [7, 11) is 0. The predicted molar refractivity (Wildman–Crippen MR) is 84.4 cm³/mol. The van der Waals surface area contributed by atoms with E-state index < -0.39 is 0 Å². The van der Waals surface area contributed by atoms with E-state index >= 15 is 0 Å². The van der Waals surface area contributed by atoms with Gasteiger partial charge in [0, 0.05) is 12.0 Å². The van der Waals surface area contributed by atoms with Gasteiger partial charge in [0.05, 0.1) is 17.7 Å². The third-order valence-electron chi connectivity index (χ3n) is 3.49. The Bertz CT molecular complexity index is 674. The Labute approximate surface area is 134 Å². The molecule has 3 rings (SSSR count). The van der Waals surface area contributed by atoms with Gasteiger partial charge in [0.1, 0.15) is 11.5 Å². The van der Waals surface area contributed by atoms with Crippen LogP contribution in [0.4, 0.5) is 0 Å². The molecular formula is C17H16ClNO3. The zero-order valence-corrected chi connectivity index (χ0v) is 12.7. The molecule has 0 fully saturated rings. The first-order chi connectivity index (χ1) is 10.7. The van der Waals surface area contributed by atoms with Gasteiger partial charge in [-0.1, -0.05) is 41.9 Å². The molecule has 1 aliphatic heterocycles. The molecule has 1 heterocycles. The van der Waals surface area contributed by atoms with Gasteiger partial charge in [-0.3, -0.25) is 4.79 Å².